The third kappa shape index (κ3) is 3.04. The SMILES string of the molecule is COc1ccc(CC(=O)N2CCC[C@H]2CO)cc1OC. The molecular weight excluding hydrogens is 258 g/mol. The largest absolute Gasteiger partial charge is 0.493 e. The van der Waals surface area contributed by atoms with Gasteiger partial charge in [-0.3, -0.25) is 4.79 Å². The average Bonchev–Trinajstić information content (AvgIpc) is 2.95. The zero-order valence-corrected chi connectivity index (χ0v) is 12.0. The molecule has 0 bridgehead atoms. The van der Waals surface area contributed by atoms with Crippen LogP contribution in [-0.2, 0) is 11.2 Å². The molecule has 1 amide bonds. The number of hydrogen-bond acceptors (Lipinski definition) is 4. The maximum Gasteiger partial charge on any atom is 0.227 e. The Morgan fingerprint density at radius 2 is 2.10 bits per heavy atom. The fraction of sp³-hybridized carbons (Fsp3) is 0.533. The predicted octanol–water partition coefficient (Wildman–Crippen LogP) is 1.23. The van der Waals surface area contributed by atoms with E-state index in [9.17, 15) is 9.90 Å². The van der Waals surface area contributed by atoms with E-state index in [2.05, 4.69) is 0 Å². The number of amides is 1. The summed E-state index contributed by atoms with van der Waals surface area (Å²) in [4.78, 5) is 14.1. The van der Waals surface area contributed by atoms with Gasteiger partial charge in [-0.15, -0.1) is 0 Å². The Bertz CT molecular complexity index is 475. The van der Waals surface area contributed by atoms with Crippen LogP contribution in [0.5, 0.6) is 11.5 Å². The van der Waals surface area contributed by atoms with E-state index in [0.29, 0.717) is 17.9 Å². The van der Waals surface area contributed by atoms with Crippen molar-refractivity contribution < 1.29 is 19.4 Å². The van der Waals surface area contributed by atoms with Gasteiger partial charge in [-0.25, -0.2) is 0 Å². The Morgan fingerprint density at radius 3 is 2.75 bits per heavy atom. The summed E-state index contributed by atoms with van der Waals surface area (Å²) in [5, 5.41) is 9.27. The van der Waals surface area contributed by atoms with Crippen LogP contribution >= 0.6 is 0 Å². The quantitative estimate of drug-likeness (QED) is 0.880. The highest BCUT2D eigenvalue weighted by molar-refractivity contribution is 5.79. The smallest absolute Gasteiger partial charge is 0.227 e. The van der Waals surface area contributed by atoms with Crippen molar-refractivity contribution in [2.75, 3.05) is 27.4 Å². The summed E-state index contributed by atoms with van der Waals surface area (Å²) in [6.45, 7) is 0.773. The molecule has 1 aromatic rings. The van der Waals surface area contributed by atoms with Gasteiger partial charge in [0.1, 0.15) is 0 Å². The summed E-state index contributed by atoms with van der Waals surface area (Å²) in [6, 6.07) is 5.46. The number of likely N-dealkylation sites (tertiary alicyclic amines) is 1. The molecule has 5 nitrogen and oxygen atoms in total. The lowest BCUT2D eigenvalue weighted by Gasteiger charge is -2.23. The molecule has 1 aliphatic heterocycles. The van der Waals surface area contributed by atoms with Gasteiger partial charge in [0.05, 0.1) is 33.3 Å². The fourth-order valence-electron chi connectivity index (χ4n) is 2.62. The second kappa shape index (κ2) is 6.61. The number of methoxy groups -OCH3 is 2. The number of carbonyl (C=O) groups is 1. The normalized spacial score (nSPS) is 18.1. The van der Waals surface area contributed by atoms with Crippen LogP contribution in [0.15, 0.2) is 18.2 Å². The molecule has 0 saturated carbocycles. The van der Waals surface area contributed by atoms with Gasteiger partial charge in [0.2, 0.25) is 5.91 Å². The number of carbonyl (C=O) groups excluding carboxylic acids is 1. The highest BCUT2D eigenvalue weighted by Gasteiger charge is 2.27. The molecule has 1 fully saturated rings. The lowest BCUT2D eigenvalue weighted by Crippen LogP contribution is -2.38. The average molecular weight is 279 g/mol. The lowest BCUT2D eigenvalue weighted by molar-refractivity contribution is -0.131. The molecule has 20 heavy (non-hydrogen) atoms. The Morgan fingerprint density at radius 1 is 1.35 bits per heavy atom. The minimum absolute atomic E-state index is 0.0253. The lowest BCUT2D eigenvalue weighted by atomic mass is 10.1. The summed E-state index contributed by atoms with van der Waals surface area (Å²) < 4.78 is 10.4. The van der Waals surface area contributed by atoms with Crippen LogP contribution in [0.4, 0.5) is 0 Å². The second-order valence-corrected chi connectivity index (χ2v) is 4.93. The first kappa shape index (κ1) is 14.7. The van der Waals surface area contributed by atoms with E-state index in [1.54, 1.807) is 25.2 Å². The predicted molar refractivity (Wildman–Crippen MR) is 75.1 cm³/mol. The van der Waals surface area contributed by atoms with E-state index in [4.69, 9.17) is 9.47 Å². The number of ether oxygens (including phenoxy) is 2. The molecule has 5 heteroatoms. The topological polar surface area (TPSA) is 59.0 Å². The summed E-state index contributed by atoms with van der Waals surface area (Å²) in [7, 11) is 3.16. The first-order valence-corrected chi connectivity index (χ1v) is 6.80. The first-order valence-electron chi connectivity index (χ1n) is 6.80. The van der Waals surface area contributed by atoms with Crippen molar-refractivity contribution >= 4 is 5.91 Å². The summed E-state index contributed by atoms with van der Waals surface area (Å²) >= 11 is 0. The van der Waals surface area contributed by atoms with E-state index in [1.807, 2.05) is 12.1 Å². The van der Waals surface area contributed by atoms with E-state index in [-0.39, 0.29) is 18.6 Å². The maximum absolute atomic E-state index is 12.3. The number of rotatable bonds is 5. The van der Waals surface area contributed by atoms with Crippen LogP contribution in [0, 0.1) is 0 Å². The number of nitrogens with zero attached hydrogens (tertiary/aromatic N) is 1. The van der Waals surface area contributed by atoms with Crippen molar-refractivity contribution in [3.05, 3.63) is 23.8 Å². The van der Waals surface area contributed by atoms with Crippen molar-refractivity contribution in [3.8, 4) is 11.5 Å². The molecule has 1 atom stereocenters. The standard InChI is InChI=1S/C15H21NO4/c1-19-13-6-5-11(8-14(13)20-2)9-15(18)16-7-3-4-12(16)10-17/h5-6,8,12,17H,3-4,7,9-10H2,1-2H3/t12-/m0/s1. The number of aliphatic hydroxyl groups excluding tert-OH is 1. The van der Waals surface area contributed by atoms with Gasteiger partial charge in [0.25, 0.3) is 0 Å². The molecular formula is C15H21NO4. The van der Waals surface area contributed by atoms with Gasteiger partial charge < -0.3 is 19.5 Å². The maximum atomic E-state index is 12.3. The van der Waals surface area contributed by atoms with Crippen molar-refractivity contribution in [2.45, 2.75) is 25.3 Å². The van der Waals surface area contributed by atoms with Crippen LogP contribution in [0.2, 0.25) is 0 Å². The molecule has 1 heterocycles. The Kier molecular flexibility index (Phi) is 4.84. The minimum atomic E-state index is -0.0253. The summed E-state index contributed by atoms with van der Waals surface area (Å²) in [5.74, 6) is 1.32. The molecule has 110 valence electrons. The van der Waals surface area contributed by atoms with Crippen LogP contribution in [0.1, 0.15) is 18.4 Å². The molecule has 1 aliphatic rings. The van der Waals surface area contributed by atoms with Gasteiger partial charge in [-0.2, -0.15) is 0 Å². The fourth-order valence-corrected chi connectivity index (χ4v) is 2.62. The van der Waals surface area contributed by atoms with Crippen molar-refractivity contribution in [3.63, 3.8) is 0 Å². The third-order valence-corrected chi connectivity index (χ3v) is 3.71. The van der Waals surface area contributed by atoms with Crippen LogP contribution in [-0.4, -0.2) is 49.3 Å². The summed E-state index contributed by atoms with van der Waals surface area (Å²) in [5.41, 5.74) is 0.885. The van der Waals surface area contributed by atoms with Crippen LogP contribution in [0.25, 0.3) is 0 Å². The molecule has 2 rings (SSSR count). The second-order valence-electron chi connectivity index (χ2n) is 4.93. The highest BCUT2D eigenvalue weighted by Crippen LogP contribution is 2.28. The van der Waals surface area contributed by atoms with Crippen LogP contribution in [0.3, 0.4) is 0 Å². The Hall–Kier alpha value is -1.75. The first-order chi connectivity index (χ1) is 9.69. The van der Waals surface area contributed by atoms with Gasteiger partial charge >= 0.3 is 0 Å². The van der Waals surface area contributed by atoms with E-state index in [1.165, 1.54) is 0 Å². The highest BCUT2D eigenvalue weighted by atomic mass is 16.5. The Balaban J connectivity index is 2.07. The molecule has 0 aromatic heterocycles. The molecule has 0 spiro atoms. The zero-order chi connectivity index (χ0) is 14.5. The number of aliphatic hydroxyl groups is 1. The van der Waals surface area contributed by atoms with Crippen LogP contribution < -0.4 is 9.47 Å². The van der Waals surface area contributed by atoms with E-state index >= 15 is 0 Å². The number of hydrogen-bond donors (Lipinski definition) is 1. The third-order valence-electron chi connectivity index (χ3n) is 3.71. The van der Waals surface area contributed by atoms with E-state index < -0.39 is 0 Å². The molecule has 1 saturated heterocycles. The van der Waals surface area contributed by atoms with Gasteiger partial charge in [0, 0.05) is 6.54 Å². The van der Waals surface area contributed by atoms with Gasteiger partial charge in [-0.1, -0.05) is 6.07 Å². The monoisotopic (exact) mass is 279 g/mol. The molecule has 0 aliphatic carbocycles. The molecule has 1 aromatic carbocycles. The molecule has 1 N–H and O–H groups in total. The van der Waals surface area contributed by atoms with E-state index in [0.717, 1.165) is 24.9 Å². The minimum Gasteiger partial charge on any atom is -0.493 e. The van der Waals surface area contributed by atoms with Gasteiger partial charge in [0.15, 0.2) is 11.5 Å². The van der Waals surface area contributed by atoms with Crippen molar-refractivity contribution in [1.29, 1.82) is 0 Å². The van der Waals surface area contributed by atoms with Gasteiger partial charge in [-0.05, 0) is 30.5 Å². The molecule has 0 unspecified atom stereocenters. The van der Waals surface area contributed by atoms with Crippen molar-refractivity contribution in [2.24, 2.45) is 0 Å². The molecule has 0 radical (unpaired) electrons. The zero-order valence-electron chi connectivity index (χ0n) is 12.0. The Labute approximate surface area is 119 Å². The van der Waals surface area contributed by atoms with Crippen molar-refractivity contribution in [1.82, 2.24) is 4.90 Å². The summed E-state index contributed by atoms with van der Waals surface area (Å²) in [6.07, 6.45) is 2.16. The number of benzene rings is 1.